The first kappa shape index (κ1) is 31.2. The predicted octanol–water partition coefficient (Wildman–Crippen LogP) is 4.47. The van der Waals surface area contributed by atoms with E-state index < -0.39 is 17.1 Å². The van der Waals surface area contributed by atoms with Crippen molar-refractivity contribution in [2.24, 2.45) is 0 Å². The number of piperidine rings is 1. The Morgan fingerprint density at radius 3 is 2.36 bits per heavy atom. The molecule has 236 valence electrons. The Labute approximate surface area is 257 Å². The molecule has 5 rings (SSSR count). The molecule has 1 fully saturated rings. The predicted molar refractivity (Wildman–Crippen MR) is 165 cm³/mol. The monoisotopic (exact) mass is 607 g/mol. The molecule has 1 aromatic heterocycles. The molecule has 2 aromatic carbocycles. The summed E-state index contributed by atoms with van der Waals surface area (Å²) in [5.74, 6) is 1.35. The van der Waals surface area contributed by atoms with Gasteiger partial charge in [0.25, 0.3) is 5.56 Å². The fourth-order valence-corrected chi connectivity index (χ4v) is 5.70. The second kappa shape index (κ2) is 13.2. The maximum absolute atomic E-state index is 13.4. The largest absolute Gasteiger partial charge is 0.497 e. The van der Waals surface area contributed by atoms with Crippen LogP contribution in [0.15, 0.2) is 47.3 Å². The number of hydrogen-bond acceptors (Lipinski definition) is 9. The Hall–Kier alpha value is -4.25. The number of carbonyl (C=O) groups excluding carboxylic acids is 2. The van der Waals surface area contributed by atoms with Gasteiger partial charge in [0.1, 0.15) is 30.1 Å². The molecular weight excluding hydrogens is 566 g/mol. The van der Waals surface area contributed by atoms with Gasteiger partial charge in [-0.3, -0.25) is 4.79 Å². The fourth-order valence-electron chi connectivity index (χ4n) is 5.70. The molecule has 3 aromatic rings. The molecule has 0 radical (unpaired) electrons. The van der Waals surface area contributed by atoms with Crippen LogP contribution in [0.4, 0.5) is 4.79 Å². The Bertz CT molecular complexity index is 1570. The first-order valence-electron chi connectivity index (χ1n) is 15.0. The second-order valence-electron chi connectivity index (χ2n) is 12.1. The standard InChI is InChI=1S/C33H41N3O8/c1-33(2,3)44-32(39)36(21-22-6-9-28-29(18-22)43-17-16-42-28)24-10-12-34(13-11-24)14-15-35-27-20-25(40-4)8-7-23(27)19-26(30(35)37)31(38)41-5/h6-9,18-20,24H,10-17,21H2,1-5H3. The van der Waals surface area contributed by atoms with Gasteiger partial charge in [0.2, 0.25) is 0 Å². The molecule has 0 unspecified atom stereocenters. The van der Waals surface area contributed by atoms with Crippen molar-refractivity contribution in [3.63, 3.8) is 0 Å². The smallest absolute Gasteiger partial charge is 0.410 e. The average molecular weight is 608 g/mol. The SMILES string of the molecule is COC(=O)c1cc2ccc(OC)cc2n(CCN2CCC(N(Cc3ccc4c(c3)OCCO4)C(=O)OC(C)(C)C)CC2)c1=O. The van der Waals surface area contributed by atoms with Crippen molar-refractivity contribution in [2.75, 3.05) is 47.1 Å². The highest BCUT2D eigenvalue weighted by molar-refractivity contribution is 5.94. The van der Waals surface area contributed by atoms with Crippen LogP contribution in [0.2, 0.25) is 0 Å². The molecule has 0 spiro atoms. The number of ether oxygens (including phenoxy) is 5. The maximum atomic E-state index is 13.4. The zero-order valence-electron chi connectivity index (χ0n) is 26.1. The number of esters is 1. The summed E-state index contributed by atoms with van der Waals surface area (Å²) in [6, 6.07) is 12.7. The van der Waals surface area contributed by atoms with Gasteiger partial charge < -0.3 is 38.1 Å². The van der Waals surface area contributed by atoms with Gasteiger partial charge in [-0.1, -0.05) is 6.07 Å². The van der Waals surface area contributed by atoms with Gasteiger partial charge in [-0.05, 0) is 74.9 Å². The van der Waals surface area contributed by atoms with E-state index in [-0.39, 0.29) is 17.7 Å². The molecule has 0 atom stereocenters. The van der Waals surface area contributed by atoms with E-state index >= 15 is 0 Å². The van der Waals surface area contributed by atoms with E-state index in [9.17, 15) is 14.4 Å². The minimum absolute atomic E-state index is 0.00369. The summed E-state index contributed by atoms with van der Waals surface area (Å²) in [5.41, 5.74) is 0.599. The van der Waals surface area contributed by atoms with E-state index in [4.69, 9.17) is 23.7 Å². The van der Waals surface area contributed by atoms with Gasteiger partial charge in [0, 0.05) is 44.8 Å². The maximum Gasteiger partial charge on any atom is 0.410 e. The Kier molecular flexibility index (Phi) is 9.33. The minimum atomic E-state index is -0.664. The Morgan fingerprint density at radius 1 is 0.955 bits per heavy atom. The molecule has 3 heterocycles. The molecule has 0 N–H and O–H groups in total. The molecule has 0 bridgehead atoms. The molecule has 2 aliphatic heterocycles. The number of carbonyl (C=O) groups is 2. The van der Waals surface area contributed by atoms with E-state index in [0.29, 0.717) is 55.6 Å². The normalized spacial score (nSPS) is 15.6. The van der Waals surface area contributed by atoms with Gasteiger partial charge in [-0.2, -0.15) is 0 Å². The Morgan fingerprint density at radius 2 is 1.68 bits per heavy atom. The van der Waals surface area contributed by atoms with Crippen molar-refractivity contribution < 1.29 is 33.3 Å². The second-order valence-corrected chi connectivity index (χ2v) is 12.1. The quantitative estimate of drug-likeness (QED) is 0.343. The van der Waals surface area contributed by atoms with Crippen LogP contribution in [0.3, 0.4) is 0 Å². The molecule has 11 heteroatoms. The number of methoxy groups -OCH3 is 2. The van der Waals surface area contributed by atoms with E-state index in [1.807, 2.05) is 49.9 Å². The third-order valence-electron chi connectivity index (χ3n) is 7.93. The molecule has 2 aliphatic rings. The summed E-state index contributed by atoms with van der Waals surface area (Å²) >= 11 is 0. The Balaban J connectivity index is 1.30. The van der Waals surface area contributed by atoms with Crippen molar-refractivity contribution in [1.29, 1.82) is 0 Å². The zero-order chi connectivity index (χ0) is 31.4. The highest BCUT2D eigenvalue weighted by Crippen LogP contribution is 2.32. The highest BCUT2D eigenvalue weighted by Gasteiger charge is 2.32. The number of nitrogens with zero attached hydrogens (tertiary/aromatic N) is 3. The van der Waals surface area contributed by atoms with Crippen LogP contribution < -0.4 is 19.8 Å². The van der Waals surface area contributed by atoms with Crippen molar-refractivity contribution >= 4 is 23.0 Å². The number of benzene rings is 2. The van der Waals surface area contributed by atoms with Crippen LogP contribution in [-0.2, 0) is 22.6 Å². The molecule has 11 nitrogen and oxygen atoms in total. The summed E-state index contributed by atoms with van der Waals surface area (Å²) in [4.78, 5) is 43.3. The summed E-state index contributed by atoms with van der Waals surface area (Å²) in [7, 11) is 2.84. The topological polar surface area (TPSA) is 109 Å². The van der Waals surface area contributed by atoms with Crippen LogP contribution in [0, 0.1) is 0 Å². The fraction of sp³-hybridized carbons (Fsp3) is 0.485. The van der Waals surface area contributed by atoms with Gasteiger partial charge in [0.05, 0.1) is 19.7 Å². The number of rotatable bonds is 8. The number of fused-ring (bicyclic) bond motifs is 2. The van der Waals surface area contributed by atoms with Crippen molar-refractivity contribution in [3.8, 4) is 17.2 Å². The molecule has 0 aliphatic carbocycles. The molecule has 44 heavy (non-hydrogen) atoms. The number of pyridine rings is 1. The average Bonchev–Trinajstić information content (AvgIpc) is 3.01. The summed E-state index contributed by atoms with van der Waals surface area (Å²) in [6.07, 6.45) is 1.14. The van der Waals surface area contributed by atoms with E-state index in [1.165, 1.54) is 7.11 Å². The summed E-state index contributed by atoms with van der Waals surface area (Å²) in [5, 5.41) is 0.747. The van der Waals surface area contributed by atoms with Crippen molar-refractivity contribution in [1.82, 2.24) is 14.4 Å². The first-order valence-corrected chi connectivity index (χ1v) is 15.0. The highest BCUT2D eigenvalue weighted by atomic mass is 16.6. The van der Waals surface area contributed by atoms with Crippen LogP contribution in [0.5, 0.6) is 17.2 Å². The van der Waals surface area contributed by atoms with Crippen molar-refractivity contribution in [2.45, 2.75) is 58.3 Å². The first-order chi connectivity index (χ1) is 21.1. The van der Waals surface area contributed by atoms with Gasteiger partial charge in [-0.25, -0.2) is 9.59 Å². The molecule has 1 saturated heterocycles. The molecular formula is C33H41N3O8. The third-order valence-corrected chi connectivity index (χ3v) is 7.93. The lowest BCUT2D eigenvalue weighted by atomic mass is 10.0. The minimum Gasteiger partial charge on any atom is -0.497 e. The van der Waals surface area contributed by atoms with Gasteiger partial charge >= 0.3 is 12.1 Å². The van der Waals surface area contributed by atoms with Crippen molar-refractivity contribution in [3.05, 3.63) is 63.9 Å². The van der Waals surface area contributed by atoms with E-state index in [0.717, 1.165) is 36.9 Å². The lowest BCUT2D eigenvalue weighted by molar-refractivity contribution is 0.00560. The number of aromatic nitrogens is 1. The van der Waals surface area contributed by atoms with Crippen LogP contribution in [0.1, 0.15) is 49.5 Å². The number of hydrogen-bond donors (Lipinski definition) is 0. The van der Waals surface area contributed by atoms with Gasteiger partial charge in [0.15, 0.2) is 11.5 Å². The number of likely N-dealkylation sites (tertiary alicyclic amines) is 1. The lowest BCUT2D eigenvalue weighted by Gasteiger charge is -2.39. The van der Waals surface area contributed by atoms with Crippen LogP contribution >= 0.6 is 0 Å². The molecule has 0 saturated carbocycles. The van der Waals surface area contributed by atoms with E-state index in [1.54, 1.807) is 29.9 Å². The summed E-state index contributed by atoms with van der Waals surface area (Å²) in [6.45, 7) is 9.45. The number of amides is 1. The van der Waals surface area contributed by atoms with E-state index in [2.05, 4.69) is 4.90 Å². The van der Waals surface area contributed by atoms with Gasteiger partial charge in [-0.15, -0.1) is 0 Å². The van der Waals surface area contributed by atoms with Crippen LogP contribution in [0.25, 0.3) is 10.9 Å². The molecule has 1 amide bonds. The third kappa shape index (κ3) is 7.10. The zero-order valence-corrected chi connectivity index (χ0v) is 26.1. The van der Waals surface area contributed by atoms with Crippen LogP contribution in [-0.4, -0.2) is 85.1 Å². The lowest BCUT2D eigenvalue weighted by Crippen LogP contribution is -2.49. The summed E-state index contributed by atoms with van der Waals surface area (Å²) < 4.78 is 29.1.